The molecule has 2 amide bonds. The van der Waals surface area contributed by atoms with Crippen LogP contribution in [0.1, 0.15) is 49.4 Å². The SMILES string of the molecule is CNC(=O)c1ccc(-n2c(SC)nc3c(c2=O)C[C@@H](C)N(C(=O)OC(C)(C)C)C3)cn1. The number of rotatable bonds is 3. The Hall–Kier alpha value is -2.88. The normalized spacial score (nSPS) is 15.9. The molecule has 2 aromatic rings. The van der Waals surface area contributed by atoms with E-state index < -0.39 is 11.7 Å². The number of amides is 2. The fraction of sp³-hybridized carbons (Fsp3) is 0.476. The predicted octanol–water partition coefficient (Wildman–Crippen LogP) is 2.39. The molecule has 3 heterocycles. The van der Waals surface area contributed by atoms with E-state index in [4.69, 9.17) is 4.74 Å². The molecule has 0 aromatic carbocycles. The quantitative estimate of drug-likeness (QED) is 0.571. The van der Waals surface area contributed by atoms with Crippen molar-refractivity contribution in [2.75, 3.05) is 13.3 Å². The number of ether oxygens (including phenoxy) is 1. The largest absolute Gasteiger partial charge is 0.444 e. The van der Waals surface area contributed by atoms with E-state index in [1.54, 1.807) is 17.0 Å². The fourth-order valence-electron chi connectivity index (χ4n) is 3.35. The van der Waals surface area contributed by atoms with Crippen LogP contribution < -0.4 is 10.9 Å². The zero-order valence-electron chi connectivity index (χ0n) is 18.6. The molecule has 9 nitrogen and oxygen atoms in total. The highest BCUT2D eigenvalue weighted by molar-refractivity contribution is 7.98. The Morgan fingerprint density at radius 1 is 1.29 bits per heavy atom. The molecule has 10 heteroatoms. The number of nitrogens with zero attached hydrogens (tertiary/aromatic N) is 4. The van der Waals surface area contributed by atoms with Gasteiger partial charge in [0.15, 0.2) is 5.16 Å². The Morgan fingerprint density at radius 2 is 2.00 bits per heavy atom. The summed E-state index contributed by atoms with van der Waals surface area (Å²) in [6.07, 6.45) is 3.27. The molecule has 0 unspecified atom stereocenters. The number of carbonyl (C=O) groups is 2. The van der Waals surface area contributed by atoms with Crippen molar-refractivity contribution in [3.8, 4) is 5.69 Å². The third-order valence-electron chi connectivity index (χ3n) is 4.86. The Kier molecular flexibility index (Phi) is 6.40. The Balaban J connectivity index is 2.01. The summed E-state index contributed by atoms with van der Waals surface area (Å²) in [5, 5.41) is 3.00. The van der Waals surface area contributed by atoms with Gasteiger partial charge in [-0.1, -0.05) is 11.8 Å². The van der Waals surface area contributed by atoms with Crippen LogP contribution in [0.4, 0.5) is 4.79 Å². The lowest BCUT2D eigenvalue weighted by atomic mass is 10.0. The summed E-state index contributed by atoms with van der Waals surface area (Å²) < 4.78 is 7.01. The number of thioether (sulfide) groups is 1. The summed E-state index contributed by atoms with van der Waals surface area (Å²) in [5.41, 5.74) is 1.13. The van der Waals surface area contributed by atoms with Crippen molar-refractivity contribution in [2.45, 2.75) is 57.5 Å². The second-order valence-electron chi connectivity index (χ2n) is 8.31. The summed E-state index contributed by atoms with van der Waals surface area (Å²) in [6.45, 7) is 7.56. The van der Waals surface area contributed by atoms with Gasteiger partial charge in [-0.3, -0.25) is 19.1 Å². The highest BCUT2D eigenvalue weighted by Crippen LogP contribution is 2.25. The summed E-state index contributed by atoms with van der Waals surface area (Å²) in [6, 6.07) is 3.03. The Labute approximate surface area is 185 Å². The van der Waals surface area contributed by atoms with Crippen LogP contribution in [-0.2, 0) is 17.7 Å². The summed E-state index contributed by atoms with van der Waals surface area (Å²) >= 11 is 1.32. The first kappa shape index (κ1) is 22.8. The van der Waals surface area contributed by atoms with E-state index in [0.29, 0.717) is 28.5 Å². The van der Waals surface area contributed by atoms with E-state index in [9.17, 15) is 14.4 Å². The molecule has 3 rings (SSSR count). The van der Waals surface area contributed by atoms with Crippen LogP contribution in [-0.4, -0.2) is 56.4 Å². The highest BCUT2D eigenvalue weighted by Gasteiger charge is 2.33. The number of fused-ring (bicyclic) bond motifs is 1. The number of carbonyl (C=O) groups excluding carboxylic acids is 2. The van der Waals surface area contributed by atoms with Crippen molar-refractivity contribution in [1.29, 1.82) is 0 Å². The van der Waals surface area contributed by atoms with Crippen molar-refractivity contribution < 1.29 is 14.3 Å². The van der Waals surface area contributed by atoms with Crippen molar-refractivity contribution in [1.82, 2.24) is 24.8 Å². The van der Waals surface area contributed by atoms with E-state index in [1.807, 2.05) is 34.0 Å². The molecule has 1 atom stereocenters. The molecule has 1 aliphatic rings. The number of hydrogen-bond donors (Lipinski definition) is 1. The topological polar surface area (TPSA) is 106 Å². The minimum Gasteiger partial charge on any atom is -0.444 e. The van der Waals surface area contributed by atoms with Gasteiger partial charge in [-0.2, -0.15) is 0 Å². The Bertz CT molecular complexity index is 1060. The average Bonchev–Trinajstić information content (AvgIpc) is 2.72. The van der Waals surface area contributed by atoms with Gasteiger partial charge in [0, 0.05) is 25.1 Å². The smallest absolute Gasteiger partial charge is 0.410 e. The molecule has 0 bridgehead atoms. The van der Waals surface area contributed by atoms with Gasteiger partial charge in [0.05, 0.1) is 24.1 Å². The standard InChI is InChI=1S/C21H27N5O4S/c1-12-9-14-16(11-25(12)20(29)30-21(2,3)4)24-19(31-6)26(18(14)28)13-7-8-15(23-10-13)17(27)22-5/h7-8,10,12H,9,11H2,1-6H3,(H,22,27)/t12-/m1/s1. The molecule has 0 saturated heterocycles. The average molecular weight is 446 g/mol. The zero-order valence-corrected chi connectivity index (χ0v) is 19.4. The minimum atomic E-state index is -0.605. The number of aromatic nitrogens is 3. The molecule has 166 valence electrons. The van der Waals surface area contributed by atoms with Gasteiger partial charge < -0.3 is 10.1 Å². The zero-order chi connectivity index (χ0) is 22.9. The van der Waals surface area contributed by atoms with Gasteiger partial charge >= 0.3 is 6.09 Å². The predicted molar refractivity (Wildman–Crippen MR) is 118 cm³/mol. The maximum absolute atomic E-state index is 13.4. The summed E-state index contributed by atoms with van der Waals surface area (Å²) in [7, 11) is 1.53. The molecule has 1 aliphatic heterocycles. The molecule has 0 aliphatic carbocycles. The van der Waals surface area contributed by atoms with Crippen LogP contribution >= 0.6 is 11.8 Å². The van der Waals surface area contributed by atoms with Crippen LogP contribution in [0.15, 0.2) is 28.3 Å². The number of pyridine rings is 1. The number of hydrogen-bond acceptors (Lipinski definition) is 7. The maximum Gasteiger partial charge on any atom is 0.410 e. The van der Waals surface area contributed by atoms with Crippen molar-refractivity contribution in [2.24, 2.45) is 0 Å². The molecule has 0 saturated carbocycles. The third-order valence-corrected chi connectivity index (χ3v) is 5.50. The molecule has 0 radical (unpaired) electrons. The lowest BCUT2D eigenvalue weighted by Gasteiger charge is -2.35. The van der Waals surface area contributed by atoms with E-state index in [1.165, 1.54) is 29.6 Å². The van der Waals surface area contributed by atoms with Gasteiger partial charge in [-0.15, -0.1) is 0 Å². The van der Waals surface area contributed by atoms with Gasteiger partial charge in [0.25, 0.3) is 11.5 Å². The fourth-order valence-corrected chi connectivity index (χ4v) is 3.92. The minimum absolute atomic E-state index is 0.195. The van der Waals surface area contributed by atoms with Crippen molar-refractivity contribution in [3.63, 3.8) is 0 Å². The molecule has 0 fully saturated rings. The van der Waals surface area contributed by atoms with Crippen molar-refractivity contribution in [3.05, 3.63) is 45.6 Å². The van der Waals surface area contributed by atoms with Crippen LogP contribution in [0, 0.1) is 0 Å². The maximum atomic E-state index is 13.4. The Morgan fingerprint density at radius 3 is 2.55 bits per heavy atom. The van der Waals surface area contributed by atoms with Crippen LogP contribution in [0.25, 0.3) is 5.69 Å². The van der Waals surface area contributed by atoms with Gasteiger partial charge in [-0.25, -0.2) is 14.8 Å². The lowest BCUT2D eigenvalue weighted by Crippen LogP contribution is -2.47. The van der Waals surface area contributed by atoms with Crippen LogP contribution in [0.3, 0.4) is 0 Å². The lowest BCUT2D eigenvalue weighted by molar-refractivity contribution is 0.0132. The van der Waals surface area contributed by atoms with Gasteiger partial charge in [0.2, 0.25) is 0 Å². The van der Waals surface area contributed by atoms with Crippen LogP contribution in [0.5, 0.6) is 0 Å². The molecule has 31 heavy (non-hydrogen) atoms. The molecule has 2 aromatic heterocycles. The highest BCUT2D eigenvalue weighted by atomic mass is 32.2. The van der Waals surface area contributed by atoms with Gasteiger partial charge in [-0.05, 0) is 46.1 Å². The molecular weight excluding hydrogens is 418 g/mol. The number of nitrogens with one attached hydrogen (secondary N) is 1. The summed E-state index contributed by atoms with van der Waals surface area (Å²) in [5.74, 6) is -0.302. The van der Waals surface area contributed by atoms with E-state index in [-0.39, 0.29) is 29.7 Å². The molecule has 1 N–H and O–H groups in total. The first-order chi connectivity index (χ1) is 14.6. The molecular formula is C21H27N5O4S. The van der Waals surface area contributed by atoms with Crippen LogP contribution in [0.2, 0.25) is 0 Å². The molecule has 0 spiro atoms. The van der Waals surface area contributed by atoms with Gasteiger partial charge in [0.1, 0.15) is 11.3 Å². The first-order valence-electron chi connectivity index (χ1n) is 9.92. The second-order valence-corrected chi connectivity index (χ2v) is 9.08. The van der Waals surface area contributed by atoms with E-state index >= 15 is 0 Å². The monoisotopic (exact) mass is 445 g/mol. The van der Waals surface area contributed by atoms with Crippen molar-refractivity contribution >= 4 is 23.8 Å². The third kappa shape index (κ3) is 4.73. The van der Waals surface area contributed by atoms with E-state index in [0.717, 1.165) is 0 Å². The first-order valence-corrected chi connectivity index (χ1v) is 11.1. The summed E-state index contributed by atoms with van der Waals surface area (Å²) in [4.78, 5) is 48.2. The second kappa shape index (κ2) is 8.70. The van der Waals surface area contributed by atoms with E-state index in [2.05, 4.69) is 15.3 Å².